The van der Waals surface area contributed by atoms with E-state index in [-0.39, 0.29) is 40.9 Å². The molecular weight excluding hydrogens is 410 g/mol. The number of benzene rings is 1. The summed E-state index contributed by atoms with van der Waals surface area (Å²) in [6.45, 7) is 9.59. The van der Waals surface area contributed by atoms with Gasteiger partial charge in [-0.2, -0.15) is 0 Å². The second kappa shape index (κ2) is 10.7. The zero-order chi connectivity index (χ0) is 24.0. The summed E-state index contributed by atoms with van der Waals surface area (Å²) in [4.78, 5) is 35.7. The molecule has 1 aromatic carbocycles. The van der Waals surface area contributed by atoms with Gasteiger partial charge < -0.3 is 25.5 Å². The lowest BCUT2D eigenvalue weighted by atomic mass is 10.0. The number of nitrogens with one attached hydrogen (secondary N) is 3. The van der Waals surface area contributed by atoms with E-state index in [1.807, 2.05) is 19.9 Å². The molecule has 32 heavy (non-hydrogen) atoms. The normalized spacial score (nSPS) is 12.7. The summed E-state index contributed by atoms with van der Waals surface area (Å²) < 4.78 is 5.93. The molecule has 2 rings (SSSR count). The molecule has 0 bridgehead atoms. The van der Waals surface area contributed by atoms with Gasteiger partial charge in [-0.05, 0) is 49.9 Å². The molecule has 0 spiro atoms. The van der Waals surface area contributed by atoms with Crippen molar-refractivity contribution in [1.29, 1.82) is 0 Å². The number of hydrogen-bond acceptors (Lipinski definition) is 7. The number of phenols is 1. The quantitative estimate of drug-likeness (QED) is 0.191. The fourth-order valence-corrected chi connectivity index (χ4v) is 3.46. The van der Waals surface area contributed by atoms with Gasteiger partial charge in [0, 0.05) is 12.7 Å². The molecule has 8 nitrogen and oxygen atoms in total. The van der Waals surface area contributed by atoms with Gasteiger partial charge in [0.1, 0.15) is 17.2 Å². The van der Waals surface area contributed by atoms with Gasteiger partial charge in [0.05, 0.1) is 17.3 Å². The zero-order valence-corrected chi connectivity index (χ0v) is 19.3. The first kappa shape index (κ1) is 24.7. The number of hydrogen-bond donors (Lipinski definition) is 4. The number of phenolic OH excluding ortho intramolecular Hbond substituents is 1. The number of rotatable bonds is 10. The van der Waals surface area contributed by atoms with Crippen LogP contribution >= 0.6 is 0 Å². The molecule has 1 aromatic heterocycles. The van der Waals surface area contributed by atoms with Crippen molar-refractivity contribution in [3.8, 4) is 5.75 Å². The number of carbonyl (C=O) groups is 3. The molecule has 0 aliphatic carbocycles. The van der Waals surface area contributed by atoms with Crippen molar-refractivity contribution in [2.45, 2.75) is 53.0 Å². The highest BCUT2D eigenvalue weighted by atomic mass is 16.3. The van der Waals surface area contributed by atoms with Crippen molar-refractivity contribution in [3.05, 3.63) is 58.3 Å². The van der Waals surface area contributed by atoms with Crippen molar-refractivity contribution < 1.29 is 23.9 Å². The molecular formula is C24H31N3O5. The third-order valence-corrected chi connectivity index (χ3v) is 5.23. The van der Waals surface area contributed by atoms with E-state index >= 15 is 0 Å². The lowest BCUT2D eigenvalue weighted by molar-refractivity contribution is -0.127. The van der Waals surface area contributed by atoms with Crippen LogP contribution in [0.5, 0.6) is 5.75 Å². The molecule has 1 atom stereocenters. The molecule has 0 radical (unpaired) electrons. The van der Waals surface area contributed by atoms with Crippen LogP contribution in [0.15, 0.2) is 40.1 Å². The second-order valence-electron chi connectivity index (χ2n) is 7.81. The maximum atomic E-state index is 12.4. The first-order valence-electron chi connectivity index (χ1n) is 10.5. The van der Waals surface area contributed by atoms with E-state index in [0.29, 0.717) is 17.9 Å². The average Bonchev–Trinajstić information content (AvgIpc) is 3.16. The highest BCUT2D eigenvalue weighted by molar-refractivity contribution is 6.33. The van der Waals surface area contributed by atoms with E-state index in [1.165, 1.54) is 13.1 Å². The minimum Gasteiger partial charge on any atom is -0.505 e. The Bertz CT molecular complexity index is 1040. The Hall–Kier alpha value is -3.55. The number of aromatic hydroxyl groups is 1. The number of carbonyl (C=O) groups excluding carboxylic acids is 3. The number of furan rings is 1. The highest BCUT2D eigenvalue weighted by Crippen LogP contribution is 2.31. The monoisotopic (exact) mass is 441 g/mol. The van der Waals surface area contributed by atoms with Crippen molar-refractivity contribution in [2.75, 3.05) is 12.4 Å². The van der Waals surface area contributed by atoms with Gasteiger partial charge in [0.25, 0.3) is 5.91 Å². The molecule has 0 unspecified atom stereocenters. The predicted octanol–water partition coefficient (Wildman–Crippen LogP) is 3.93. The van der Waals surface area contributed by atoms with Crippen LogP contribution < -0.4 is 16.0 Å². The van der Waals surface area contributed by atoms with Gasteiger partial charge in [-0.3, -0.25) is 14.4 Å². The standard InChI is InChI=1S/C24H31N3O5/c1-7-18(21-11-17(13(2)3)15(5)32-21)27-22(20(29)12-28)14(4)26-19-10-8-9-16(23(19)30)24(31)25-6/h8-13,18,26-27,30H,7H2,1-6H3,(H,25,31)/b22-14-/t18-/m1/s1. The SMILES string of the molecule is CC[C@@H](N/C(C(=O)C=O)=C(/C)Nc1cccc(C(=O)NC)c1O)c1cc(C(C)C)c(C)o1. The van der Waals surface area contributed by atoms with E-state index in [0.717, 1.165) is 11.3 Å². The summed E-state index contributed by atoms with van der Waals surface area (Å²) in [5.41, 5.74) is 1.76. The highest BCUT2D eigenvalue weighted by Gasteiger charge is 2.23. The Balaban J connectivity index is 2.42. The fraction of sp³-hybridized carbons (Fsp3) is 0.375. The number of ketones is 1. The van der Waals surface area contributed by atoms with E-state index in [9.17, 15) is 19.5 Å². The van der Waals surface area contributed by atoms with Gasteiger partial charge in [-0.1, -0.05) is 26.8 Å². The molecule has 172 valence electrons. The van der Waals surface area contributed by atoms with Crippen LogP contribution in [0.1, 0.15) is 73.5 Å². The lowest BCUT2D eigenvalue weighted by Crippen LogP contribution is -2.28. The number of Topliss-reactive ketones (excluding diaryl/α,β-unsaturated/α-hetero) is 1. The first-order chi connectivity index (χ1) is 15.1. The summed E-state index contributed by atoms with van der Waals surface area (Å²) >= 11 is 0. The van der Waals surface area contributed by atoms with Gasteiger partial charge >= 0.3 is 0 Å². The first-order valence-corrected chi connectivity index (χ1v) is 10.5. The zero-order valence-electron chi connectivity index (χ0n) is 19.3. The number of para-hydroxylation sites is 1. The summed E-state index contributed by atoms with van der Waals surface area (Å²) in [6.07, 6.45) is 0.832. The number of aldehydes is 1. The van der Waals surface area contributed by atoms with Gasteiger partial charge in [-0.15, -0.1) is 0 Å². The maximum absolute atomic E-state index is 12.4. The van der Waals surface area contributed by atoms with E-state index in [1.54, 1.807) is 19.1 Å². The smallest absolute Gasteiger partial charge is 0.254 e. The Labute approximate surface area is 188 Å². The minimum atomic E-state index is -0.747. The van der Waals surface area contributed by atoms with Crippen molar-refractivity contribution in [1.82, 2.24) is 10.6 Å². The van der Waals surface area contributed by atoms with Crippen LogP contribution in [0.25, 0.3) is 0 Å². The number of aryl methyl sites for hydroxylation is 1. The van der Waals surface area contributed by atoms with Gasteiger partial charge in [-0.25, -0.2) is 0 Å². The summed E-state index contributed by atoms with van der Waals surface area (Å²) in [6, 6.07) is 6.26. The van der Waals surface area contributed by atoms with Gasteiger partial charge in [0.15, 0.2) is 12.0 Å². The molecule has 8 heteroatoms. The topological polar surface area (TPSA) is 121 Å². The van der Waals surface area contributed by atoms with Crippen LogP contribution in [-0.4, -0.2) is 30.1 Å². The Morgan fingerprint density at radius 1 is 1.25 bits per heavy atom. The molecule has 0 saturated carbocycles. The third-order valence-electron chi connectivity index (χ3n) is 5.23. The molecule has 1 amide bonds. The summed E-state index contributed by atoms with van der Waals surface area (Å²) in [5.74, 6) is 0.309. The molecule has 0 saturated heterocycles. The second-order valence-corrected chi connectivity index (χ2v) is 7.81. The largest absolute Gasteiger partial charge is 0.505 e. The maximum Gasteiger partial charge on any atom is 0.254 e. The van der Waals surface area contributed by atoms with Crippen LogP contribution in [0.3, 0.4) is 0 Å². The van der Waals surface area contributed by atoms with Crippen LogP contribution in [-0.2, 0) is 9.59 Å². The van der Waals surface area contributed by atoms with E-state index in [4.69, 9.17) is 4.42 Å². The van der Waals surface area contributed by atoms with Crippen LogP contribution in [0.2, 0.25) is 0 Å². The van der Waals surface area contributed by atoms with E-state index in [2.05, 4.69) is 29.8 Å². The Morgan fingerprint density at radius 2 is 1.94 bits per heavy atom. The molecule has 0 aliphatic rings. The van der Waals surface area contributed by atoms with Crippen molar-refractivity contribution in [2.24, 2.45) is 0 Å². The number of allylic oxidation sites excluding steroid dienone is 2. The third kappa shape index (κ3) is 5.38. The molecule has 1 heterocycles. The summed E-state index contributed by atoms with van der Waals surface area (Å²) in [7, 11) is 1.46. The van der Waals surface area contributed by atoms with Crippen LogP contribution in [0.4, 0.5) is 5.69 Å². The number of amides is 1. The van der Waals surface area contributed by atoms with E-state index < -0.39 is 11.7 Å². The summed E-state index contributed by atoms with van der Waals surface area (Å²) in [5, 5.41) is 19.0. The lowest BCUT2D eigenvalue weighted by Gasteiger charge is -2.20. The molecule has 2 aromatic rings. The Morgan fingerprint density at radius 3 is 2.47 bits per heavy atom. The molecule has 0 fully saturated rings. The fourth-order valence-electron chi connectivity index (χ4n) is 3.46. The van der Waals surface area contributed by atoms with Crippen molar-refractivity contribution >= 4 is 23.7 Å². The predicted molar refractivity (Wildman–Crippen MR) is 123 cm³/mol. The minimum absolute atomic E-state index is 0.0525. The Kier molecular flexibility index (Phi) is 8.23. The average molecular weight is 442 g/mol. The molecule has 0 aliphatic heterocycles. The van der Waals surface area contributed by atoms with Gasteiger partial charge in [0.2, 0.25) is 5.78 Å². The molecule has 4 N–H and O–H groups in total. The number of anilines is 1. The van der Waals surface area contributed by atoms with Crippen LogP contribution in [0, 0.1) is 6.92 Å². The van der Waals surface area contributed by atoms with Crippen molar-refractivity contribution in [3.63, 3.8) is 0 Å².